The number of methoxy groups -OCH3 is 1. The van der Waals surface area contributed by atoms with Crippen molar-refractivity contribution in [1.29, 1.82) is 0 Å². The first-order chi connectivity index (χ1) is 8.32. The van der Waals surface area contributed by atoms with Crippen molar-refractivity contribution in [1.82, 2.24) is 5.32 Å². The first-order valence-electron chi connectivity index (χ1n) is 6.15. The third-order valence-corrected chi connectivity index (χ3v) is 3.52. The van der Waals surface area contributed by atoms with Gasteiger partial charge in [-0.15, -0.1) is 0 Å². The molecule has 2 heterocycles. The zero-order chi connectivity index (χ0) is 12.1. The molecule has 2 aliphatic rings. The Hall–Kier alpha value is -1.06. The van der Waals surface area contributed by atoms with Crippen molar-refractivity contribution in [2.24, 2.45) is 0 Å². The molecule has 2 aliphatic heterocycles. The standard InChI is InChI=1S/C12H15NO.C2H6O/c1-2-4-11-10(3-1)12(9-14-11)5-7-13-8-6-12;1-3-2/h1-4,13H,5-9H2;1-2H3. The molecule has 1 aromatic carbocycles. The fourth-order valence-corrected chi connectivity index (χ4v) is 2.64. The van der Waals surface area contributed by atoms with E-state index in [1.807, 2.05) is 0 Å². The predicted molar refractivity (Wildman–Crippen MR) is 68.7 cm³/mol. The quantitative estimate of drug-likeness (QED) is 0.745. The summed E-state index contributed by atoms with van der Waals surface area (Å²) < 4.78 is 10.0. The molecule has 0 bridgehead atoms. The maximum Gasteiger partial charge on any atom is 0.123 e. The van der Waals surface area contributed by atoms with Crippen molar-refractivity contribution >= 4 is 0 Å². The van der Waals surface area contributed by atoms with Gasteiger partial charge < -0.3 is 14.8 Å². The largest absolute Gasteiger partial charge is 0.492 e. The van der Waals surface area contributed by atoms with Gasteiger partial charge in [-0.25, -0.2) is 0 Å². The molecule has 0 unspecified atom stereocenters. The van der Waals surface area contributed by atoms with E-state index in [1.54, 1.807) is 14.2 Å². The van der Waals surface area contributed by atoms with Crippen molar-refractivity contribution in [3.63, 3.8) is 0 Å². The van der Waals surface area contributed by atoms with Crippen LogP contribution in [0.5, 0.6) is 5.75 Å². The summed E-state index contributed by atoms with van der Waals surface area (Å²) >= 11 is 0. The molecular formula is C14H21NO2. The highest BCUT2D eigenvalue weighted by Gasteiger charge is 2.40. The molecule has 1 spiro atoms. The van der Waals surface area contributed by atoms with E-state index >= 15 is 0 Å². The second-order valence-corrected chi connectivity index (χ2v) is 4.72. The average Bonchev–Trinajstić information content (AvgIpc) is 2.71. The van der Waals surface area contributed by atoms with Gasteiger partial charge in [0.05, 0.1) is 6.61 Å². The van der Waals surface area contributed by atoms with Crippen LogP contribution in [-0.2, 0) is 10.2 Å². The smallest absolute Gasteiger partial charge is 0.123 e. The molecule has 0 aromatic heterocycles. The summed E-state index contributed by atoms with van der Waals surface area (Å²) in [5.41, 5.74) is 1.75. The van der Waals surface area contributed by atoms with Gasteiger partial charge in [0, 0.05) is 25.2 Å². The fourth-order valence-electron chi connectivity index (χ4n) is 2.64. The molecule has 3 nitrogen and oxygen atoms in total. The summed E-state index contributed by atoms with van der Waals surface area (Å²) in [6.07, 6.45) is 2.42. The summed E-state index contributed by atoms with van der Waals surface area (Å²) in [7, 11) is 3.25. The van der Waals surface area contributed by atoms with E-state index < -0.39 is 0 Å². The molecule has 0 atom stereocenters. The van der Waals surface area contributed by atoms with E-state index in [1.165, 1.54) is 18.4 Å². The fraction of sp³-hybridized carbons (Fsp3) is 0.571. The van der Waals surface area contributed by atoms with Crippen molar-refractivity contribution < 1.29 is 9.47 Å². The number of para-hydroxylation sites is 1. The van der Waals surface area contributed by atoms with Crippen LogP contribution in [0.4, 0.5) is 0 Å². The number of ether oxygens (including phenoxy) is 2. The first kappa shape index (κ1) is 12.4. The number of rotatable bonds is 0. The van der Waals surface area contributed by atoms with Gasteiger partial charge >= 0.3 is 0 Å². The van der Waals surface area contributed by atoms with Crippen molar-refractivity contribution in [3.8, 4) is 5.75 Å². The third-order valence-electron chi connectivity index (χ3n) is 3.52. The number of piperidine rings is 1. The van der Waals surface area contributed by atoms with E-state index in [2.05, 4.69) is 34.3 Å². The van der Waals surface area contributed by atoms with E-state index in [4.69, 9.17) is 4.74 Å². The lowest BCUT2D eigenvalue weighted by Crippen LogP contribution is -2.40. The van der Waals surface area contributed by atoms with Crippen LogP contribution in [0.1, 0.15) is 18.4 Å². The highest BCUT2D eigenvalue weighted by molar-refractivity contribution is 5.43. The minimum atomic E-state index is 0.321. The third kappa shape index (κ3) is 2.45. The minimum Gasteiger partial charge on any atom is -0.492 e. The van der Waals surface area contributed by atoms with Gasteiger partial charge in [-0.1, -0.05) is 18.2 Å². The molecule has 3 heteroatoms. The van der Waals surface area contributed by atoms with E-state index in [0.29, 0.717) is 5.41 Å². The van der Waals surface area contributed by atoms with Crippen LogP contribution in [0.3, 0.4) is 0 Å². The normalized spacial score (nSPS) is 20.1. The lowest BCUT2D eigenvalue weighted by molar-refractivity contribution is 0.220. The molecule has 0 amide bonds. The molecule has 0 saturated carbocycles. The molecule has 0 aliphatic carbocycles. The Labute approximate surface area is 103 Å². The molecule has 0 radical (unpaired) electrons. The first-order valence-corrected chi connectivity index (χ1v) is 6.15. The highest BCUT2D eigenvalue weighted by Crippen LogP contribution is 2.43. The summed E-state index contributed by atoms with van der Waals surface area (Å²) in [5, 5.41) is 3.41. The Bertz CT molecular complexity index is 353. The summed E-state index contributed by atoms with van der Waals surface area (Å²) in [5.74, 6) is 1.11. The van der Waals surface area contributed by atoms with Crippen LogP contribution in [0.25, 0.3) is 0 Å². The Morgan fingerprint density at radius 3 is 2.53 bits per heavy atom. The predicted octanol–water partition coefficient (Wildman–Crippen LogP) is 1.96. The molecule has 17 heavy (non-hydrogen) atoms. The average molecular weight is 235 g/mol. The maximum atomic E-state index is 5.76. The van der Waals surface area contributed by atoms with Gasteiger partial charge in [-0.05, 0) is 32.0 Å². The van der Waals surface area contributed by atoms with Crippen LogP contribution < -0.4 is 10.1 Å². The monoisotopic (exact) mass is 235 g/mol. The number of benzene rings is 1. The topological polar surface area (TPSA) is 30.5 Å². The van der Waals surface area contributed by atoms with E-state index in [0.717, 1.165) is 25.4 Å². The highest BCUT2D eigenvalue weighted by atomic mass is 16.5. The van der Waals surface area contributed by atoms with E-state index in [9.17, 15) is 0 Å². The molecule has 1 aromatic rings. The Balaban J connectivity index is 0.000000329. The second kappa shape index (κ2) is 5.52. The summed E-state index contributed by atoms with van der Waals surface area (Å²) in [6, 6.07) is 8.50. The number of nitrogens with one attached hydrogen (secondary N) is 1. The molecule has 1 fully saturated rings. The van der Waals surface area contributed by atoms with Crippen LogP contribution in [-0.4, -0.2) is 33.9 Å². The molecule has 1 saturated heterocycles. The zero-order valence-corrected chi connectivity index (χ0v) is 10.7. The molecule has 1 N–H and O–H groups in total. The minimum absolute atomic E-state index is 0.321. The van der Waals surface area contributed by atoms with Crippen molar-refractivity contribution in [3.05, 3.63) is 29.8 Å². The number of hydrogen-bond donors (Lipinski definition) is 1. The molecule has 94 valence electrons. The van der Waals surface area contributed by atoms with Gasteiger partial charge in [-0.3, -0.25) is 0 Å². The van der Waals surface area contributed by atoms with Gasteiger partial charge in [-0.2, -0.15) is 0 Å². The number of fused-ring (bicyclic) bond motifs is 2. The second-order valence-electron chi connectivity index (χ2n) is 4.72. The van der Waals surface area contributed by atoms with Gasteiger partial charge in [0.2, 0.25) is 0 Å². The van der Waals surface area contributed by atoms with Crippen LogP contribution in [0, 0.1) is 0 Å². The Morgan fingerprint density at radius 2 is 1.82 bits per heavy atom. The van der Waals surface area contributed by atoms with Gasteiger partial charge in [0.25, 0.3) is 0 Å². The Morgan fingerprint density at radius 1 is 1.18 bits per heavy atom. The summed E-state index contributed by atoms with van der Waals surface area (Å²) in [6.45, 7) is 3.13. The number of hydrogen-bond acceptors (Lipinski definition) is 3. The lowest BCUT2D eigenvalue weighted by Gasteiger charge is -2.32. The summed E-state index contributed by atoms with van der Waals surface area (Å²) in [4.78, 5) is 0. The van der Waals surface area contributed by atoms with Crippen LogP contribution in [0.2, 0.25) is 0 Å². The lowest BCUT2D eigenvalue weighted by atomic mass is 9.75. The zero-order valence-electron chi connectivity index (χ0n) is 10.7. The maximum absolute atomic E-state index is 5.76. The van der Waals surface area contributed by atoms with Crippen molar-refractivity contribution in [2.75, 3.05) is 33.9 Å². The molecule has 3 rings (SSSR count). The van der Waals surface area contributed by atoms with Gasteiger partial charge in [0.1, 0.15) is 5.75 Å². The molecular weight excluding hydrogens is 214 g/mol. The van der Waals surface area contributed by atoms with Gasteiger partial charge in [0.15, 0.2) is 0 Å². The SMILES string of the molecule is COC.c1ccc2c(c1)OCC21CCNCC1. The van der Waals surface area contributed by atoms with E-state index in [-0.39, 0.29) is 0 Å². The van der Waals surface area contributed by atoms with Crippen LogP contribution >= 0.6 is 0 Å². The van der Waals surface area contributed by atoms with Crippen LogP contribution in [0.15, 0.2) is 24.3 Å². The van der Waals surface area contributed by atoms with Crippen molar-refractivity contribution in [2.45, 2.75) is 18.3 Å². The Kier molecular flexibility index (Phi) is 4.02.